The molecule has 0 saturated heterocycles. The Morgan fingerprint density at radius 3 is 2.88 bits per heavy atom. The van der Waals surface area contributed by atoms with E-state index in [9.17, 15) is 9.59 Å². The summed E-state index contributed by atoms with van der Waals surface area (Å²) in [7, 11) is 0. The van der Waals surface area contributed by atoms with Gasteiger partial charge in [-0.2, -0.15) is 5.10 Å². The maximum absolute atomic E-state index is 11.7. The molecule has 0 aliphatic rings. The highest BCUT2D eigenvalue weighted by Crippen LogP contribution is 2.21. The van der Waals surface area contributed by atoms with Crippen LogP contribution in [0.1, 0.15) is 24.4 Å². The molecule has 0 atom stereocenters. The van der Waals surface area contributed by atoms with Gasteiger partial charge in [0.15, 0.2) is 16.5 Å². The molecule has 0 spiro atoms. The van der Waals surface area contributed by atoms with E-state index in [0.717, 1.165) is 0 Å². The second-order valence-corrected chi connectivity index (χ2v) is 4.18. The molecule has 0 fully saturated rings. The maximum Gasteiger partial charge on any atom is 0.287 e. The van der Waals surface area contributed by atoms with E-state index in [0.29, 0.717) is 0 Å². The van der Waals surface area contributed by atoms with Crippen molar-refractivity contribution in [3.63, 3.8) is 0 Å². The van der Waals surface area contributed by atoms with Crippen LogP contribution in [-0.4, -0.2) is 22.1 Å². The summed E-state index contributed by atoms with van der Waals surface area (Å²) in [5.41, 5.74) is -0.332. The van der Waals surface area contributed by atoms with Crippen molar-refractivity contribution in [1.82, 2.24) is 15.5 Å². The van der Waals surface area contributed by atoms with Gasteiger partial charge in [0, 0.05) is 12.1 Å². The Kier molecular flexibility index (Phi) is 2.89. The fourth-order valence-corrected chi connectivity index (χ4v) is 1.55. The lowest BCUT2D eigenvalue weighted by atomic mass is 10.3. The van der Waals surface area contributed by atoms with E-state index < -0.39 is 11.5 Å². The molecule has 1 amide bonds. The van der Waals surface area contributed by atoms with Gasteiger partial charge >= 0.3 is 0 Å². The number of furan rings is 1. The topological polar surface area (TPSA) is 88.0 Å². The van der Waals surface area contributed by atoms with Crippen LogP contribution in [0.5, 0.6) is 0 Å². The highest BCUT2D eigenvalue weighted by atomic mass is 35.5. The Balaban J connectivity index is 2.52. The Morgan fingerprint density at radius 2 is 2.29 bits per heavy atom. The standard InChI is InChI=1S/C10H10ClN3O3/c1-4(2)12-10(16)6-3-5-7(17-6)8(11)13-14-9(5)15/h3-4H,1-2H3,(H,12,16)(H,14,15). The Hall–Kier alpha value is -1.82. The van der Waals surface area contributed by atoms with Crippen molar-refractivity contribution in [2.75, 3.05) is 0 Å². The van der Waals surface area contributed by atoms with Crippen LogP contribution >= 0.6 is 11.6 Å². The zero-order chi connectivity index (χ0) is 12.6. The van der Waals surface area contributed by atoms with E-state index in [1.165, 1.54) is 6.07 Å². The minimum absolute atomic E-state index is 0.0168. The lowest BCUT2D eigenvalue weighted by molar-refractivity contribution is 0.0917. The van der Waals surface area contributed by atoms with Crippen molar-refractivity contribution in [1.29, 1.82) is 0 Å². The first-order valence-corrected chi connectivity index (χ1v) is 5.35. The molecular weight excluding hydrogens is 246 g/mol. The zero-order valence-electron chi connectivity index (χ0n) is 9.20. The van der Waals surface area contributed by atoms with Gasteiger partial charge in [-0.3, -0.25) is 9.59 Å². The smallest absolute Gasteiger partial charge is 0.287 e. The molecule has 2 rings (SSSR count). The van der Waals surface area contributed by atoms with Gasteiger partial charge in [0.05, 0.1) is 5.39 Å². The van der Waals surface area contributed by atoms with Crippen molar-refractivity contribution < 1.29 is 9.21 Å². The summed E-state index contributed by atoms with van der Waals surface area (Å²) >= 11 is 5.75. The second kappa shape index (κ2) is 4.21. The van der Waals surface area contributed by atoms with Crippen molar-refractivity contribution in [2.24, 2.45) is 0 Å². The minimum atomic E-state index is -0.447. The summed E-state index contributed by atoms with van der Waals surface area (Å²) in [4.78, 5) is 23.1. The third-order valence-corrected chi connectivity index (χ3v) is 2.32. The predicted octanol–water partition coefficient (Wildman–Crippen LogP) is 1.31. The number of hydrogen-bond acceptors (Lipinski definition) is 4. The maximum atomic E-state index is 11.7. The number of carbonyl (C=O) groups excluding carboxylic acids is 1. The van der Waals surface area contributed by atoms with Gasteiger partial charge in [0.25, 0.3) is 11.5 Å². The molecule has 90 valence electrons. The number of aromatic nitrogens is 2. The molecule has 0 aliphatic heterocycles. The molecule has 0 saturated carbocycles. The summed E-state index contributed by atoms with van der Waals surface area (Å²) in [6.07, 6.45) is 0. The second-order valence-electron chi connectivity index (χ2n) is 3.83. The van der Waals surface area contributed by atoms with E-state index in [1.54, 1.807) is 0 Å². The first-order valence-electron chi connectivity index (χ1n) is 4.97. The Morgan fingerprint density at radius 1 is 1.59 bits per heavy atom. The number of nitrogens with zero attached hydrogens (tertiary/aromatic N) is 1. The van der Waals surface area contributed by atoms with Crippen LogP contribution < -0.4 is 10.9 Å². The van der Waals surface area contributed by atoms with Crippen LogP contribution in [0, 0.1) is 0 Å². The van der Waals surface area contributed by atoms with Crippen LogP contribution in [-0.2, 0) is 0 Å². The number of aromatic amines is 1. The highest BCUT2D eigenvalue weighted by Gasteiger charge is 2.17. The van der Waals surface area contributed by atoms with Gasteiger partial charge in [-0.1, -0.05) is 11.6 Å². The van der Waals surface area contributed by atoms with E-state index >= 15 is 0 Å². The third kappa shape index (κ3) is 2.16. The number of fused-ring (bicyclic) bond motifs is 1. The molecular formula is C10H10ClN3O3. The van der Waals surface area contributed by atoms with Crippen molar-refractivity contribution in [3.05, 3.63) is 27.3 Å². The quantitative estimate of drug-likeness (QED) is 0.847. The summed E-state index contributed by atoms with van der Waals surface area (Å²) in [6.45, 7) is 3.64. The van der Waals surface area contributed by atoms with Gasteiger partial charge in [-0.05, 0) is 13.8 Å². The van der Waals surface area contributed by atoms with Crippen LogP contribution in [0.25, 0.3) is 11.0 Å². The normalized spacial score (nSPS) is 11.1. The average Bonchev–Trinajstić information content (AvgIpc) is 2.68. The molecule has 2 aromatic heterocycles. The number of carbonyl (C=O) groups is 1. The molecule has 6 nitrogen and oxygen atoms in total. The minimum Gasteiger partial charge on any atom is -0.447 e. The lowest BCUT2D eigenvalue weighted by Crippen LogP contribution is -2.29. The van der Waals surface area contributed by atoms with E-state index in [4.69, 9.17) is 16.0 Å². The first-order chi connectivity index (χ1) is 7.99. The number of amides is 1. The number of halogens is 1. The molecule has 2 aromatic rings. The van der Waals surface area contributed by atoms with Crippen molar-refractivity contribution >= 4 is 28.5 Å². The molecule has 0 radical (unpaired) electrons. The SMILES string of the molecule is CC(C)NC(=O)c1cc2c(=O)[nH]nc(Cl)c2o1. The number of nitrogens with one attached hydrogen (secondary N) is 2. The molecule has 0 aromatic carbocycles. The largest absolute Gasteiger partial charge is 0.447 e. The number of H-pyrrole nitrogens is 1. The summed E-state index contributed by atoms with van der Waals surface area (Å²) in [5.74, 6) is -0.360. The molecule has 2 heterocycles. The molecule has 0 bridgehead atoms. The van der Waals surface area contributed by atoms with E-state index in [-0.39, 0.29) is 27.9 Å². The highest BCUT2D eigenvalue weighted by molar-refractivity contribution is 6.33. The Labute approximate surface area is 101 Å². The van der Waals surface area contributed by atoms with E-state index in [1.807, 2.05) is 13.8 Å². The van der Waals surface area contributed by atoms with Gasteiger partial charge in [-0.15, -0.1) is 0 Å². The lowest BCUT2D eigenvalue weighted by Gasteiger charge is -2.04. The monoisotopic (exact) mass is 255 g/mol. The summed E-state index contributed by atoms with van der Waals surface area (Å²) in [5, 5.41) is 8.62. The van der Waals surface area contributed by atoms with Crippen LogP contribution in [0.15, 0.2) is 15.3 Å². The average molecular weight is 256 g/mol. The van der Waals surface area contributed by atoms with Crippen molar-refractivity contribution in [3.8, 4) is 0 Å². The summed E-state index contributed by atoms with van der Waals surface area (Å²) in [6, 6.07) is 1.32. The van der Waals surface area contributed by atoms with Gasteiger partial charge < -0.3 is 9.73 Å². The number of rotatable bonds is 2. The molecule has 7 heteroatoms. The summed E-state index contributed by atoms with van der Waals surface area (Å²) < 4.78 is 5.22. The fraction of sp³-hybridized carbons (Fsp3) is 0.300. The first kappa shape index (κ1) is 11.7. The van der Waals surface area contributed by atoms with Crippen LogP contribution in [0.3, 0.4) is 0 Å². The third-order valence-electron chi connectivity index (χ3n) is 2.06. The van der Waals surface area contributed by atoms with Crippen molar-refractivity contribution in [2.45, 2.75) is 19.9 Å². The predicted molar refractivity (Wildman–Crippen MR) is 62.2 cm³/mol. The van der Waals surface area contributed by atoms with E-state index in [2.05, 4.69) is 15.5 Å². The zero-order valence-corrected chi connectivity index (χ0v) is 9.96. The number of hydrogen-bond donors (Lipinski definition) is 2. The van der Waals surface area contributed by atoms with Gasteiger partial charge in [-0.25, -0.2) is 5.10 Å². The van der Waals surface area contributed by atoms with Crippen LogP contribution in [0.4, 0.5) is 0 Å². The molecule has 17 heavy (non-hydrogen) atoms. The molecule has 2 N–H and O–H groups in total. The molecule has 0 unspecified atom stereocenters. The Bertz CT molecular complexity index is 629. The van der Waals surface area contributed by atoms with Crippen LogP contribution in [0.2, 0.25) is 5.15 Å². The fourth-order valence-electron chi connectivity index (χ4n) is 1.37. The molecule has 0 aliphatic carbocycles. The van der Waals surface area contributed by atoms with Gasteiger partial charge in [0.1, 0.15) is 0 Å². The van der Waals surface area contributed by atoms with Gasteiger partial charge in [0.2, 0.25) is 0 Å².